The van der Waals surface area contributed by atoms with Crippen molar-refractivity contribution in [2.75, 3.05) is 6.61 Å². The summed E-state index contributed by atoms with van der Waals surface area (Å²) < 4.78 is 13.1. The highest BCUT2D eigenvalue weighted by Gasteiger charge is 2.22. The van der Waals surface area contributed by atoms with E-state index in [1.807, 2.05) is 17.5 Å². The van der Waals surface area contributed by atoms with E-state index >= 15 is 0 Å². The van der Waals surface area contributed by atoms with Crippen LogP contribution in [0.15, 0.2) is 50.1 Å². The molecule has 1 fully saturated rings. The van der Waals surface area contributed by atoms with Gasteiger partial charge in [-0.05, 0) is 35.9 Å². The smallest absolute Gasteiger partial charge is 0.336 e. The van der Waals surface area contributed by atoms with Crippen molar-refractivity contribution in [3.63, 3.8) is 0 Å². The standard InChI is InChI=1S/C21H19N3O5S2/c25-15-8-14-12(7-19(27)29-17(14)9-16(15)26)11-31-21-23-22-20(18-4-2-6-30-18)24(21)10-13-3-1-5-28-13/h2,4,6-9,13,25-26H,1,3,5,10-11H2/t13-/m1/s1. The number of benzene rings is 1. The first-order valence-corrected chi connectivity index (χ1v) is 11.6. The number of hydrogen-bond donors (Lipinski definition) is 2. The zero-order chi connectivity index (χ0) is 21.4. The molecule has 1 aliphatic heterocycles. The van der Waals surface area contributed by atoms with Crippen LogP contribution in [0.3, 0.4) is 0 Å². The monoisotopic (exact) mass is 457 g/mol. The van der Waals surface area contributed by atoms with Gasteiger partial charge in [0, 0.05) is 29.9 Å². The van der Waals surface area contributed by atoms with Gasteiger partial charge in [0.1, 0.15) is 5.58 Å². The predicted octanol–water partition coefficient (Wildman–Crippen LogP) is 4.00. The van der Waals surface area contributed by atoms with Crippen LogP contribution in [-0.4, -0.2) is 37.7 Å². The van der Waals surface area contributed by atoms with E-state index < -0.39 is 5.63 Å². The molecule has 0 spiro atoms. The van der Waals surface area contributed by atoms with Gasteiger partial charge in [-0.15, -0.1) is 21.5 Å². The highest BCUT2D eigenvalue weighted by Crippen LogP contribution is 2.34. The third-order valence-electron chi connectivity index (χ3n) is 5.15. The van der Waals surface area contributed by atoms with E-state index in [2.05, 4.69) is 14.8 Å². The fourth-order valence-electron chi connectivity index (χ4n) is 3.65. The minimum absolute atomic E-state index is 0.124. The number of thiophene rings is 1. The highest BCUT2D eigenvalue weighted by molar-refractivity contribution is 7.98. The van der Waals surface area contributed by atoms with Crippen molar-refractivity contribution in [2.45, 2.75) is 36.4 Å². The predicted molar refractivity (Wildman–Crippen MR) is 118 cm³/mol. The van der Waals surface area contributed by atoms with Crippen molar-refractivity contribution >= 4 is 34.1 Å². The van der Waals surface area contributed by atoms with Gasteiger partial charge in [-0.1, -0.05) is 17.8 Å². The number of phenols is 2. The molecule has 5 rings (SSSR count). The van der Waals surface area contributed by atoms with Crippen LogP contribution in [0.4, 0.5) is 0 Å². The molecule has 31 heavy (non-hydrogen) atoms. The van der Waals surface area contributed by atoms with Gasteiger partial charge in [0.15, 0.2) is 22.5 Å². The molecule has 10 heteroatoms. The zero-order valence-corrected chi connectivity index (χ0v) is 18.0. The second kappa shape index (κ2) is 8.37. The van der Waals surface area contributed by atoms with Crippen LogP contribution < -0.4 is 5.63 Å². The number of aromatic hydroxyl groups is 2. The number of ether oxygens (including phenoxy) is 1. The molecule has 0 unspecified atom stereocenters. The van der Waals surface area contributed by atoms with E-state index in [0.717, 1.165) is 35.3 Å². The van der Waals surface area contributed by atoms with Gasteiger partial charge in [-0.25, -0.2) is 4.79 Å². The van der Waals surface area contributed by atoms with E-state index in [9.17, 15) is 15.0 Å². The van der Waals surface area contributed by atoms with Gasteiger partial charge in [0.2, 0.25) is 0 Å². The van der Waals surface area contributed by atoms with E-state index in [4.69, 9.17) is 9.15 Å². The molecule has 0 saturated carbocycles. The molecule has 1 aromatic carbocycles. The maximum absolute atomic E-state index is 12.0. The number of phenolic OH excluding ortho intramolecular Hbond substituents is 2. The lowest BCUT2D eigenvalue weighted by molar-refractivity contribution is 0.0953. The van der Waals surface area contributed by atoms with Gasteiger partial charge >= 0.3 is 5.63 Å². The van der Waals surface area contributed by atoms with Gasteiger partial charge in [-0.3, -0.25) is 4.57 Å². The minimum Gasteiger partial charge on any atom is -0.504 e. The molecule has 0 radical (unpaired) electrons. The van der Waals surface area contributed by atoms with E-state index in [1.54, 1.807) is 11.3 Å². The maximum Gasteiger partial charge on any atom is 0.336 e. The van der Waals surface area contributed by atoms with Gasteiger partial charge in [0.05, 0.1) is 17.5 Å². The number of hydrogen-bond acceptors (Lipinski definition) is 9. The molecule has 2 N–H and O–H groups in total. The Morgan fingerprint density at radius 1 is 1.23 bits per heavy atom. The van der Waals surface area contributed by atoms with Gasteiger partial charge in [-0.2, -0.15) is 0 Å². The summed E-state index contributed by atoms with van der Waals surface area (Å²) in [6.07, 6.45) is 2.17. The Labute approximate surface area is 185 Å². The summed E-state index contributed by atoms with van der Waals surface area (Å²) >= 11 is 3.05. The average Bonchev–Trinajstić information content (AvgIpc) is 3.50. The van der Waals surface area contributed by atoms with Crippen LogP contribution in [0.25, 0.3) is 21.7 Å². The first kappa shape index (κ1) is 20.1. The Hall–Kier alpha value is -2.82. The van der Waals surface area contributed by atoms with Crippen LogP contribution in [0.1, 0.15) is 18.4 Å². The molecule has 0 bridgehead atoms. The molecule has 3 aromatic heterocycles. The van der Waals surface area contributed by atoms with Crippen molar-refractivity contribution in [2.24, 2.45) is 0 Å². The molecule has 0 amide bonds. The third kappa shape index (κ3) is 4.06. The third-order valence-corrected chi connectivity index (χ3v) is 7.03. The topological polar surface area (TPSA) is 111 Å². The number of aromatic nitrogens is 3. The van der Waals surface area contributed by atoms with E-state index in [1.165, 1.54) is 30.0 Å². The van der Waals surface area contributed by atoms with E-state index in [-0.39, 0.29) is 23.2 Å². The minimum atomic E-state index is -0.520. The summed E-state index contributed by atoms with van der Waals surface area (Å²) in [5, 5.41) is 31.7. The van der Waals surface area contributed by atoms with Crippen molar-refractivity contribution in [1.82, 2.24) is 14.8 Å². The molecule has 160 valence electrons. The van der Waals surface area contributed by atoms with Gasteiger partial charge in [0.25, 0.3) is 0 Å². The molecule has 4 heterocycles. The Bertz CT molecular complexity index is 1280. The summed E-state index contributed by atoms with van der Waals surface area (Å²) in [6, 6.07) is 8.04. The lowest BCUT2D eigenvalue weighted by atomic mass is 10.1. The number of fused-ring (bicyclic) bond motifs is 1. The summed E-state index contributed by atoms with van der Waals surface area (Å²) in [4.78, 5) is 13.0. The number of nitrogens with zero attached hydrogens (tertiary/aromatic N) is 3. The van der Waals surface area contributed by atoms with Crippen LogP contribution in [0.5, 0.6) is 11.5 Å². The second-order valence-electron chi connectivity index (χ2n) is 7.25. The second-order valence-corrected chi connectivity index (χ2v) is 9.14. The van der Waals surface area contributed by atoms with Crippen LogP contribution in [-0.2, 0) is 17.0 Å². The first-order valence-electron chi connectivity index (χ1n) is 9.78. The van der Waals surface area contributed by atoms with Crippen LogP contribution in [0.2, 0.25) is 0 Å². The summed E-state index contributed by atoms with van der Waals surface area (Å²) in [5.41, 5.74) is 0.377. The van der Waals surface area contributed by atoms with Crippen LogP contribution >= 0.6 is 23.1 Å². The normalized spacial score (nSPS) is 16.3. The van der Waals surface area contributed by atoms with Crippen molar-refractivity contribution < 1.29 is 19.4 Å². The fourth-order valence-corrected chi connectivity index (χ4v) is 5.31. The Morgan fingerprint density at radius 2 is 2.10 bits per heavy atom. The van der Waals surface area contributed by atoms with Crippen molar-refractivity contribution in [3.05, 3.63) is 51.7 Å². The largest absolute Gasteiger partial charge is 0.504 e. The van der Waals surface area contributed by atoms with E-state index in [0.29, 0.717) is 23.2 Å². The Balaban J connectivity index is 1.48. The summed E-state index contributed by atoms with van der Waals surface area (Å²) in [7, 11) is 0. The Morgan fingerprint density at radius 3 is 2.87 bits per heavy atom. The quantitative estimate of drug-likeness (QED) is 0.254. The summed E-state index contributed by atoms with van der Waals surface area (Å²) in [6.45, 7) is 1.43. The highest BCUT2D eigenvalue weighted by atomic mass is 32.2. The molecule has 4 aromatic rings. The average molecular weight is 458 g/mol. The molecule has 1 aliphatic rings. The molecule has 8 nitrogen and oxygen atoms in total. The molecule has 1 atom stereocenters. The maximum atomic E-state index is 12.0. The van der Waals surface area contributed by atoms with Crippen molar-refractivity contribution in [3.8, 4) is 22.2 Å². The SMILES string of the molecule is O=c1cc(CSc2nnc(-c3cccs3)n2C[C@H]2CCCO2)c2cc(O)c(O)cc2o1. The summed E-state index contributed by atoms with van der Waals surface area (Å²) in [5.74, 6) is 0.611. The number of thioether (sulfide) groups is 1. The zero-order valence-electron chi connectivity index (χ0n) is 16.4. The number of rotatable bonds is 6. The molecule has 0 aliphatic carbocycles. The van der Waals surface area contributed by atoms with Gasteiger partial charge < -0.3 is 19.4 Å². The molecular formula is C21H19N3O5S2. The lowest BCUT2D eigenvalue weighted by Gasteiger charge is -2.14. The van der Waals surface area contributed by atoms with Crippen LogP contribution in [0, 0.1) is 0 Å². The molecule has 1 saturated heterocycles. The Kier molecular flexibility index (Phi) is 5.43. The first-order chi connectivity index (χ1) is 15.1. The fraction of sp³-hybridized carbons (Fsp3) is 0.286. The van der Waals surface area contributed by atoms with Crippen molar-refractivity contribution in [1.29, 1.82) is 0 Å². The molecular weight excluding hydrogens is 438 g/mol. The lowest BCUT2D eigenvalue weighted by Crippen LogP contribution is -2.16.